The van der Waals surface area contributed by atoms with Crippen molar-refractivity contribution in [1.82, 2.24) is 10.3 Å². The maximum atomic E-state index is 5.85. The first kappa shape index (κ1) is 14.0. The third-order valence-corrected chi connectivity index (χ3v) is 3.29. The van der Waals surface area contributed by atoms with Gasteiger partial charge in [-0.15, -0.1) is 0 Å². The number of halogens is 1. The Balaban J connectivity index is 2.27. The Morgan fingerprint density at radius 1 is 1.21 bits per heavy atom. The summed E-state index contributed by atoms with van der Waals surface area (Å²) >= 11 is 3.51. The minimum atomic E-state index is 0.620. The molecule has 0 saturated heterocycles. The molecule has 0 bridgehead atoms. The summed E-state index contributed by atoms with van der Waals surface area (Å²) < 4.78 is 6.78. The number of benzene rings is 1. The maximum absolute atomic E-state index is 5.85. The van der Waals surface area contributed by atoms with Gasteiger partial charge >= 0.3 is 0 Å². The summed E-state index contributed by atoms with van der Waals surface area (Å²) in [6, 6.07) is 9.99. The molecular weight excluding hydrogens is 304 g/mol. The summed E-state index contributed by atoms with van der Waals surface area (Å²) in [4.78, 5) is 4.40. The van der Waals surface area contributed by atoms with Crippen LogP contribution >= 0.6 is 15.9 Å². The molecule has 1 N–H and O–H groups in total. The second-order valence-corrected chi connectivity index (χ2v) is 5.38. The molecule has 3 nitrogen and oxygen atoms in total. The first-order valence-electron chi connectivity index (χ1n) is 6.14. The third kappa shape index (κ3) is 3.78. The summed E-state index contributed by atoms with van der Waals surface area (Å²) in [5, 5.41) is 3.13. The number of nitrogens with one attached hydrogen (secondary N) is 1. The van der Waals surface area contributed by atoms with Crippen LogP contribution in [0, 0.1) is 13.8 Å². The SMILES string of the molecule is CNCc1cc(C)nc(Oc2ccc(C)cc2Br)c1. The van der Waals surface area contributed by atoms with E-state index in [1.54, 1.807) is 0 Å². The highest BCUT2D eigenvalue weighted by Gasteiger charge is 2.06. The number of nitrogens with zero attached hydrogens (tertiary/aromatic N) is 1. The highest BCUT2D eigenvalue weighted by molar-refractivity contribution is 9.10. The summed E-state index contributed by atoms with van der Waals surface area (Å²) in [6.45, 7) is 4.81. The van der Waals surface area contributed by atoms with E-state index in [4.69, 9.17) is 4.74 Å². The lowest BCUT2D eigenvalue weighted by Crippen LogP contribution is -2.06. The van der Waals surface area contributed by atoms with E-state index in [0.717, 1.165) is 28.0 Å². The molecule has 1 aromatic carbocycles. The number of aryl methyl sites for hydroxylation is 2. The predicted molar refractivity (Wildman–Crippen MR) is 80.7 cm³/mol. The van der Waals surface area contributed by atoms with Gasteiger partial charge in [0.25, 0.3) is 0 Å². The van der Waals surface area contributed by atoms with E-state index in [-0.39, 0.29) is 0 Å². The summed E-state index contributed by atoms with van der Waals surface area (Å²) in [7, 11) is 1.92. The van der Waals surface area contributed by atoms with E-state index in [9.17, 15) is 0 Å². The Hall–Kier alpha value is -1.39. The van der Waals surface area contributed by atoms with Gasteiger partial charge in [0.2, 0.25) is 5.88 Å². The molecular formula is C15H17BrN2O. The van der Waals surface area contributed by atoms with Crippen LogP contribution < -0.4 is 10.1 Å². The summed E-state index contributed by atoms with van der Waals surface area (Å²) in [5.74, 6) is 1.40. The Bertz CT molecular complexity index is 584. The highest BCUT2D eigenvalue weighted by atomic mass is 79.9. The Labute approximate surface area is 122 Å². The van der Waals surface area contributed by atoms with Crippen LogP contribution in [0.3, 0.4) is 0 Å². The fourth-order valence-electron chi connectivity index (χ4n) is 1.87. The van der Waals surface area contributed by atoms with Gasteiger partial charge in [-0.1, -0.05) is 6.07 Å². The molecule has 0 aliphatic heterocycles. The second-order valence-electron chi connectivity index (χ2n) is 4.52. The van der Waals surface area contributed by atoms with Crippen LogP contribution in [0.4, 0.5) is 0 Å². The van der Waals surface area contributed by atoms with E-state index in [0.29, 0.717) is 5.88 Å². The van der Waals surface area contributed by atoms with Crippen molar-refractivity contribution in [3.05, 3.63) is 51.6 Å². The lowest BCUT2D eigenvalue weighted by atomic mass is 10.2. The average molecular weight is 321 g/mol. The zero-order valence-electron chi connectivity index (χ0n) is 11.3. The van der Waals surface area contributed by atoms with Crippen LogP contribution in [0.1, 0.15) is 16.8 Å². The van der Waals surface area contributed by atoms with Gasteiger partial charge < -0.3 is 10.1 Å². The highest BCUT2D eigenvalue weighted by Crippen LogP contribution is 2.30. The monoisotopic (exact) mass is 320 g/mol. The van der Waals surface area contributed by atoms with E-state index in [1.165, 1.54) is 5.56 Å². The van der Waals surface area contributed by atoms with Gasteiger partial charge in [0.05, 0.1) is 4.47 Å². The van der Waals surface area contributed by atoms with Gasteiger partial charge in [-0.05, 0) is 66.2 Å². The van der Waals surface area contributed by atoms with Gasteiger partial charge in [-0.25, -0.2) is 4.98 Å². The molecule has 2 rings (SSSR count). The van der Waals surface area contributed by atoms with Gasteiger partial charge in [-0.2, -0.15) is 0 Å². The smallest absolute Gasteiger partial charge is 0.219 e. The van der Waals surface area contributed by atoms with Crippen LogP contribution in [0.25, 0.3) is 0 Å². The lowest BCUT2D eigenvalue weighted by molar-refractivity contribution is 0.457. The zero-order valence-corrected chi connectivity index (χ0v) is 12.9. The minimum Gasteiger partial charge on any atom is -0.438 e. The van der Waals surface area contributed by atoms with Crippen LogP contribution in [-0.2, 0) is 6.54 Å². The van der Waals surface area contributed by atoms with Crippen molar-refractivity contribution in [3.63, 3.8) is 0 Å². The zero-order chi connectivity index (χ0) is 13.8. The molecule has 0 aliphatic carbocycles. The largest absolute Gasteiger partial charge is 0.438 e. The quantitative estimate of drug-likeness (QED) is 0.925. The first-order chi connectivity index (χ1) is 9.08. The molecule has 0 fully saturated rings. The van der Waals surface area contributed by atoms with Crippen LogP contribution in [0.15, 0.2) is 34.8 Å². The molecule has 4 heteroatoms. The van der Waals surface area contributed by atoms with Crippen molar-refractivity contribution in [3.8, 4) is 11.6 Å². The van der Waals surface area contributed by atoms with Gasteiger partial charge in [0, 0.05) is 18.3 Å². The molecule has 1 heterocycles. The topological polar surface area (TPSA) is 34.2 Å². The Kier molecular flexibility index (Phi) is 4.56. The van der Waals surface area contributed by atoms with E-state index >= 15 is 0 Å². The number of aromatic nitrogens is 1. The Morgan fingerprint density at radius 2 is 2.00 bits per heavy atom. The molecule has 0 spiro atoms. The molecule has 0 amide bonds. The van der Waals surface area contributed by atoms with Crippen molar-refractivity contribution in [2.45, 2.75) is 20.4 Å². The standard InChI is InChI=1S/C15H17BrN2O/c1-10-4-5-14(13(16)6-10)19-15-8-12(9-17-3)7-11(2)18-15/h4-8,17H,9H2,1-3H3. The van der Waals surface area contributed by atoms with Gasteiger partial charge in [0.1, 0.15) is 5.75 Å². The van der Waals surface area contributed by atoms with Crippen molar-refractivity contribution < 1.29 is 4.74 Å². The maximum Gasteiger partial charge on any atom is 0.219 e. The lowest BCUT2D eigenvalue weighted by Gasteiger charge is -2.10. The van der Waals surface area contributed by atoms with Crippen molar-refractivity contribution in [2.75, 3.05) is 7.05 Å². The summed E-state index contributed by atoms with van der Waals surface area (Å²) in [5.41, 5.74) is 3.30. The van der Waals surface area contributed by atoms with Crippen molar-refractivity contribution in [2.24, 2.45) is 0 Å². The van der Waals surface area contributed by atoms with E-state index in [2.05, 4.69) is 26.2 Å². The number of pyridine rings is 1. The van der Waals surface area contributed by atoms with E-state index in [1.807, 2.05) is 51.2 Å². The molecule has 0 saturated carbocycles. The second kappa shape index (κ2) is 6.17. The number of hydrogen-bond acceptors (Lipinski definition) is 3. The fourth-order valence-corrected chi connectivity index (χ4v) is 2.44. The first-order valence-corrected chi connectivity index (χ1v) is 6.94. The van der Waals surface area contributed by atoms with Crippen LogP contribution in [0.2, 0.25) is 0 Å². The minimum absolute atomic E-state index is 0.620. The van der Waals surface area contributed by atoms with E-state index < -0.39 is 0 Å². The van der Waals surface area contributed by atoms with Gasteiger partial charge in [-0.3, -0.25) is 0 Å². The molecule has 0 unspecified atom stereocenters. The van der Waals surface area contributed by atoms with Crippen LogP contribution in [-0.4, -0.2) is 12.0 Å². The molecule has 0 aliphatic rings. The molecule has 19 heavy (non-hydrogen) atoms. The molecule has 1 aromatic heterocycles. The summed E-state index contributed by atoms with van der Waals surface area (Å²) in [6.07, 6.45) is 0. The molecule has 0 radical (unpaired) electrons. The number of ether oxygens (including phenoxy) is 1. The molecule has 100 valence electrons. The molecule has 0 atom stereocenters. The Morgan fingerprint density at radius 3 is 2.68 bits per heavy atom. The molecule has 2 aromatic rings. The number of hydrogen-bond donors (Lipinski definition) is 1. The predicted octanol–water partition coefficient (Wildman–Crippen LogP) is 3.97. The van der Waals surface area contributed by atoms with Crippen molar-refractivity contribution in [1.29, 1.82) is 0 Å². The fraction of sp³-hybridized carbons (Fsp3) is 0.267. The number of rotatable bonds is 4. The van der Waals surface area contributed by atoms with Gasteiger partial charge in [0.15, 0.2) is 0 Å². The van der Waals surface area contributed by atoms with Crippen molar-refractivity contribution >= 4 is 15.9 Å². The normalized spacial score (nSPS) is 10.5. The van der Waals surface area contributed by atoms with Crippen LogP contribution in [0.5, 0.6) is 11.6 Å². The third-order valence-electron chi connectivity index (χ3n) is 2.67. The average Bonchev–Trinajstić information content (AvgIpc) is 2.32.